The highest BCUT2D eigenvalue weighted by Crippen LogP contribution is 2.32. The number of nitrogens with zero attached hydrogens (tertiary/aromatic N) is 4. The van der Waals surface area contributed by atoms with Crippen molar-refractivity contribution in [2.75, 3.05) is 5.32 Å². The van der Waals surface area contributed by atoms with Gasteiger partial charge in [0, 0.05) is 34.7 Å². The Morgan fingerprint density at radius 2 is 2.12 bits per heavy atom. The lowest BCUT2D eigenvalue weighted by Gasteiger charge is -2.11. The molecule has 7 nitrogen and oxygen atoms in total. The van der Waals surface area contributed by atoms with Crippen LogP contribution in [0.5, 0.6) is 0 Å². The van der Waals surface area contributed by atoms with Gasteiger partial charge in [-0.15, -0.1) is 0 Å². The first kappa shape index (κ1) is 16.1. The van der Waals surface area contributed by atoms with E-state index in [-0.39, 0.29) is 17.4 Å². The quantitative estimate of drug-likeness (QED) is 0.555. The molecule has 0 spiro atoms. The average molecular weight is 352 g/mol. The smallest absolute Gasteiger partial charge is 0.258 e. The molecule has 0 aromatic carbocycles. The van der Waals surface area contributed by atoms with Crippen molar-refractivity contribution in [3.8, 4) is 22.5 Å². The van der Waals surface area contributed by atoms with Gasteiger partial charge >= 0.3 is 0 Å². The number of pyridine rings is 2. The number of aromatic nitrogens is 4. The minimum absolute atomic E-state index is 0.0323. The van der Waals surface area contributed by atoms with Crippen LogP contribution in [0.2, 0.25) is 0 Å². The van der Waals surface area contributed by atoms with E-state index in [9.17, 15) is 14.4 Å². The zero-order valence-electron chi connectivity index (χ0n) is 13.6. The molecule has 1 aliphatic rings. The molecule has 1 aliphatic carbocycles. The van der Waals surface area contributed by atoms with E-state index in [1.807, 2.05) is 0 Å². The minimum Gasteiger partial charge on any atom is -0.309 e. The maximum atomic E-state index is 14.3. The first-order valence-electron chi connectivity index (χ1n) is 8.10. The molecule has 4 rings (SSSR count). The number of hydrogen-bond donors (Lipinski definition) is 2. The summed E-state index contributed by atoms with van der Waals surface area (Å²) < 4.78 is 14.9. The summed E-state index contributed by atoms with van der Waals surface area (Å²) in [6, 6.07) is 4.92. The van der Waals surface area contributed by atoms with E-state index in [0.29, 0.717) is 27.5 Å². The van der Waals surface area contributed by atoms with Crippen LogP contribution in [0.1, 0.15) is 12.8 Å². The normalized spacial score (nSPS) is 13.4. The number of amides is 1. The molecular formula is C18H15FN5O2+. The first-order valence-corrected chi connectivity index (χ1v) is 8.10. The van der Waals surface area contributed by atoms with Gasteiger partial charge < -0.3 is 5.32 Å². The monoisotopic (exact) mass is 352 g/mol. The van der Waals surface area contributed by atoms with Crippen LogP contribution in [0.3, 0.4) is 0 Å². The molecule has 3 heterocycles. The predicted molar refractivity (Wildman–Crippen MR) is 89.4 cm³/mol. The largest absolute Gasteiger partial charge is 0.309 e. The van der Waals surface area contributed by atoms with Crippen LogP contribution in [0.4, 0.5) is 10.2 Å². The summed E-state index contributed by atoms with van der Waals surface area (Å²) in [6.07, 6.45) is 8.60. The molecule has 0 saturated heterocycles. The second-order valence-corrected chi connectivity index (χ2v) is 6.04. The summed E-state index contributed by atoms with van der Waals surface area (Å²) in [4.78, 5) is 24.8. The zero-order valence-corrected chi connectivity index (χ0v) is 13.6. The molecule has 0 aliphatic heterocycles. The highest BCUT2D eigenvalue weighted by molar-refractivity contribution is 5.93. The average Bonchev–Trinajstić information content (AvgIpc) is 3.48. The van der Waals surface area contributed by atoms with Crippen LogP contribution in [-0.4, -0.2) is 26.1 Å². The Balaban J connectivity index is 1.81. The van der Waals surface area contributed by atoms with Crippen molar-refractivity contribution >= 4 is 11.7 Å². The van der Waals surface area contributed by atoms with Crippen molar-refractivity contribution in [3.05, 3.63) is 55.0 Å². The lowest BCUT2D eigenvalue weighted by atomic mass is 10.1. The third-order valence-corrected chi connectivity index (χ3v) is 4.06. The van der Waals surface area contributed by atoms with Crippen molar-refractivity contribution in [1.29, 1.82) is 0 Å². The molecule has 26 heavy (non-hydrogen) atoms. The number of anilines is 1. The predicted octanol–water partition coefficient (Wildman–Crippen LogP) is 2.22. The molecule has 1 fully saturated rings. The van der Waals surface area contributed by atoms with Gasteiger partial charge in [-0.25, -0.2) is 9.97 Å². The topological polar surface area (TPSA) is 91.9 Å². The highest BCUT2D eigenvalue weighted by Gasteiger charge is 2.30. The van der Waals surface area contributed by atoms with Gasteiger partial charge in [0.25, 0.3) is 6.20 Å². The maximum Gasteiger partial charge on any atom is 0.258 e. The van der Waals surface area contributed by atoms with Crippen LogP contribution in [0, 0.1) is 11.7 Å². The van der Waals surface area contributed by atoms with E-state index in [0.717, 1.165) is 19.0 Å². The van der Waals surface area contributed by atoms with Crippen LogP contribution in [0.25, 0.3) is 22.5 Å². The third kappa shape index (κ3) is 3.21. The van der Waals surface area contributed by atoms with Gasteiger partial charge in [-0.3, -0.25) is 15.0 Å². The summed E-state index contributed by atoms with van der Waals surface area (Å²) in [5.41, 5.74) is 1.50. The van der Waals surface area contributed by atoms with Gasteiger partial charge in [-0.2, -0.15) is 4.39 Å². The Morgan fingerprint density at radius 3 is 2.81 bits per heavy atom. The van der Waals surface area contributed by atoms with Crippen LogP contribution >= 0.6 is 0 Å². The van der Waals surface area contributed by atoms with Crippen LogP contribution < -0.4 is 10.0 Å². The number of carbonyl (C=O) groups excluding carboxylic acids is 1. The lowest BCUT2D eigenvalue weighted by Crippen LogP contribution is -2.29. The molecule has 0 atom stereocenters. The molecule has 8 heteroatoms. The van der Waals surface area contributed by atoms with Crippen LogP contribution in [0.15, 0.2) is 49.2 Å². The number of nitrogens with one attached hydrogen (secondary N) is 1. The Labute approximate surface area is 148 Å². The fraction of sp³-hybridized carbons (Fsp3) is 0.167. The maximum absolute atomic E-state index is 14.3. The van der Waals surface area contributed by atoms with E-state index < -0.39 is 5.82 Å². The van der Waals surface area contributed by atoms with Crippen LogP contribution in [-0.2, 0) is 4.79 Å². The van der Waals surface area contributed by atoms with Gasteiger partial charge in [-0.05, 0) is 25.0 Å². The van der Waals surface area contributed by atoms with E-state index in [4.69, 9.17) is 0 Å². The van der Waals surface area contributed by atoms with Crippen molar-refractivity contribution in [1.82, 2.24) is 15.0 Å². The first-order chi connectivity index (χ1) is 12.6. The second kappa shape index (κ2) is 6.47. The Morgan fingerprint density at radius 1 is 1.27 bits per heavy atom. The molecule has 0 radical (unpaired) electrons. The SMILES string of the molecule is O=C(Nc1cnc(-c2cc[n+](O)cc2F)c(-c2cccnc2)n1)C1CC1. The van der Waals surface area contributed by atoms with E-state index in [1.165, 1.54) is 18.5 Å². The van der Waals surface area contributed by atoms with Gasteiger partial charge in [0.15, 0.2) is 5.82 Å². The summed E-state index contributed by atoms with van der Waals surface area (Å²) in [6.45, 7) is 0. The van der Waals surface area contributed by atoms with Crippen molar-refractivity contribution in [3.63, 3.8) is 0 Å². The fourth-order valence-corrected chi connectivity index (χ4v) is 2.58. The van der Waals surface area contributed by atoms with Gasteiger partial charge in [0.2, 0.25) is 17.9 Å². The molecule has 3 aromatic heterocycles. The van der Waals surface area contributed by atoms with Gasteiger partial charge in [-0.1, -0.05) is 0 Å². The molecule has 0 unspecified atom stereocenters. The molecule has 3 aromatic rings. The number of rotatable bonds is 4. The highest BCUT2D eigenvalue weighted by atomic mass is 19.1. The van der Waals surface area contributed by atoms with E-state index in [2.05, 4.69) is 20.3 Å². The van der Waals surface area contributed by atoms with E-state index >= 15 is 0 Å². The molecule has 1 amide bonds. The van der Waals surface area contributed by atoms with E-state index in [1.54, 1.807) is 24.5 Å². The number of carbonyl (C=O) groups is 1. The number of hydrogen-bond acceptors (Lipinski definition) is 5. The summed E-state index contributed by atoms with van der Waals surface area (Å²) in [7, 11) is 0. The van der Waals surface area contributed by atoms with Crippen molar-refractivity contribution in [2.45, 2.75) is 12.8 Å². The Bertz CT molecular complexity index is 977. The minimum atomic E-state index is -0.649. The molecule has 2 N–H and O–H groups in total. The second-order valence-electron chi connectivity index (χ2n) is 6.04. The standard InChI is InChI=1S/C18H14FN5O2/c19-14-10-24(26)7-5-13(14)17-16(12-2-1-6-20-8-12)22-15(9-21-17)23-18(25)11-3-4-11/h1-2,5-11,26H,3-4H2/p+1. The molecule has 130 valence electrons. The van der Waals surface area contributed by atoms with Gasteiger partial charge in [0.05, 0.1) is 11.8 Å². The summed E-state index contributed by atoms with van der Waals surface area (Å²) in [5, 5.41) is 12.1. The fourth-order valence-electron chi connectivity index (χ4n) is 2.58. The van der Waals surface area contributed by atoms with Gasteiger partial charge in [0.1, 0.15) is 11.4 Å². The summed E-state index contributed by atoms with van der Waals surface area (Å²) >= 11 is 0. The third-order valence-electron chi connectivity index (χ3n) is 4.06. The molecule has 0 bridgehead atoms. The Hall–Kier alpha value is -3.42. The lowest BCUT2D eigenvalue weighted by molar-refractivity contribution is -0.905. The molecule has 1 saturated carbocycles. The zero-order chi connectivity index (χ0) is 18.1. The summed E-state index contributed by atoms with van der Waals surface area (Å²) in [5.74, 6) is -0.399. The molecular weight excluding hydrogens is 337 g/mol. The Kier molecular flexibility index (Phi) is 4.00. The van der Waals surface area contributed by atoms with Crippen molar-refractivity contribution in [2.24, 2.45) is 5.92 Å². The van der Waals surface area contributed by atoms with Crippen molar-refractivity contribution < 1.29 is 19.1 Å². The number of halogens is 1.